The van der Waals surface area contributed by atoms with Crippen LogP contribution in [0.3, 0.4) is 0 Å². The first-order chi connectivity index (χ1) is 12.5. The SMILES string of the molecule is CC12C=CC(=O)C=C1CCC1C3CC[C@](O)(C(=O)CO)C3(C)CC(Cl)[C@@]12Cl. The van der Waals surface area contributed by atoms with Gasteiger partial charge in [-0.3, -0.25) is 9.59 Å². The van der Waals surface area contributed by atoms with Gasteiger partial charge in [-0.15, -0.1) is 23.2 Å². The van der Waals surface area contributed by atoms with Crippen LogP contribution in [0.4, 0.5) is 0 Å². The normalized spacial score (nSPS) is 51.3. The largest absolute Gasteiger partial charge is 0.388 e. The number of allylic oxidation sites excluding steroid dienone is 4. The van der Waals surface area contributed by atoms with Crippen molar-refractivity contribution < 1.29 is 19.8 Å². The van der Waals surface area contributed by atoms with Crippen molar-refractivity contribution in [1.29, 1.82) is 0 Å². The zero-order valence-corrected chi connectivity index (χ0v) is 17.2. The lowest BCUT2D eigenvalue weighted by atomic mass is 9.46. The highest BCUT2D eigenvalue weighted by Crippen LogP contribution is 2.71. The summed E-state index contributed by atoms with van der Waals surface area (Å²) in [6, 6.07) is 0. The Morgan fingerprint density at radius 2 is 2.00 bits per heavy atom. The smallest absolute Gasteiger partial charge is 0.190 e. The summed E-state index contributed by atoms with van der Waals surface area (Å²) in [4.78, 5) is 23.6. The molecule has 0 aromatic heterocycles. The summed E-state index contributed by atoms with van der Waals surface area (Å²) >= 11 is 14.3. The van der Waals surface area contributed by atoms with E-state index in [1.807, 2.05) is 13.0 Å². The number of aliphatic hydroxyl groups excluding tert-OH is 1. The van der Waals surface area contributed by atoms with Crippen LogP contribution in [0.1, 0.15) is 46.0 Å². The van der Waals surface area contributed by atoms with Crippen LogP contribution in [0.25, 0.3) is 0 Å². The van der Waals surface area contributed by atoms with Crippen molar-refractivity contribution >= 4 is 34.8 Å². The van der Waals surface area contributed by atoms with Gasteiger partial charge in [0.1, 0.15) is 12.2 Å². The number of fused-ring (bicyclic) bond motifs is 5. The average molecular weight is 413 g/mol. The molecule has 2 N–H and O–H groups in total. The van der Waals surface area contributed by atoms with Crippen LogP contribution >= 0.6 is 23.2 Å². The monoisotopic (exact) mass is 412 g/mol. The first-order valence-electron chi connectivity index (χ1n) is 9.68. The van der Waals surface area contributed by atoms with Crippen LogP contribution < -0.4 is 0 Å². The Hall–Kier alpha value is -0.680. The van der Waals surface area contributed by atoms with Gasteiger partial charge in [-0.05, 0) is 56.1 Å². The van der Waals surface area contributed by atoms with Gasteiger partial charge in [0.2, 0.25) is 0 Å². The lowest BCUT2D eigenvalue weighted by molar-refractivity contribution is -0.161. The molecule has 3 fully saturated rings. The molecule has 0 bridgehead atoms. The van der Waals surface area contributed by atoms with Crippen LogP contribution in [0.15, 0.2) is 23.8 Å². The van der Waals surface area contributed by atoms with Crippen molar-refractivity contribution in [2.45, 2.75) is 61.8 Å². The molecule has 4 aliphatic rings. The van der Waals surface area contributed by atoms with E-state index in [1.54, 1.807) is 12.2 Å². The van der Waals surface area contributed by atoms with Crippen LogP contribution in [-0.4, -0.2) is 44.2 Å². The van der Waals surface area contributed by atoms with Crippen molar-refractivity contribution in [1.82, 2.24) is 0 Å². The number of carbonyl (C=O) groups excluding carboxylic acids is 2. The zero-order valence-electron chi connectivity index (χ0n) is 15.7. The molecule has 5 unspecified atom stereocenters. The number of Topliss-reactive ketones (excluding diaryl/α,β-unsaturated/α-hetero) is 1. The zero-order chi connectivity index (χ0) is 19.8. The predicted octanol–water partition coefficient (Wildman–Crippen LogP) is 3.17. The number of carbonyl (C=O) groups is 2. The van der Waals surface area contributed by atoms with Crippen LogP contribution in [0.2, 0.25) is 0 Å². The molecule has 148 valence electrons. The average Bonchev–Trinajstić information content (AvgIpc) is 2.88. The fourth-order valence-electron chi connectivity index (χ4n) is 6.74. The van der Waals surface area contributed by atoms with Gasteiger partial charge in [0, 0.05) is 10.8 Å². The summed E-state index contributed by atoms with van der Waals surface area (Å²) in [7, 11) is 0. The molecular formula is C21H26Cl2O4. The second-order valence-electron chi connectivity index (χ2n) is 9.20. The summed E-state index contributed by atoms with van der Waals surface area (Å²) in [5, 5.41) is 20.2. The van der Waals surface area contributed by atoms with Gasteiger partial charge in [0.25, 0.3) is 0 Å². The third-order valence-electron chi connectivity index (χ3n) is 8.35. The highest BCUT2D eigenvalue weighted by molar-refractivity contribution is 6.34. The number of rotatable bonds is 2. The van der Waals surface area contributed by atoms with Crippen LogP contribution in [-0.2, 0) is 9.59 Å². The van der Waals surface area contributed by atoms with E-state index in [4.69, 9.17) is 23.2 Å². The van der Waals surface area contributed by atoms with Gasteiger partial charge < -0.3 is 10.2 Å². The number of aliphatic hydroxyl groups is 2. The quantitative estimate of drug-likeness (QED) is 0.682. The summed E-state index contributed by atoms with van der Waals surface area (Å²) in [5.74, 6) is -0.489. The molecule has 6 heteroatoms. The number of halogens is 2. The topological polar surface area (TPSA) is 74.6 Å². The van der Waals surface area contributed by atoms with Crippen molar-refractivity contribution in [3.8, 4) is 0 Å². The fraction of sp³-hybridized carbons (Fsp3) is 0.714. The lowest BCUT2D eigenvalue weighted by Gasteiger charge is -2.63. The van der Waals surface area contributed by atoms with Crippen LogP contribution in [0, 0.1) is 22.7 Å². The second kappa shape index (κ2) is 5.91. The Bertz CT molecular complexity index is 776. The summed E-state index contributed by atoms with van der Waals surface area (Å²) < 4.78 is 0. The van der Waals surface area contributed by atoms with E-state index in [-0.39, 0.29) is 17.6 Å². The molecular weight excluding hydrogens is 387 g/mol. The Morgan fingerprint density at radius 3 is 2.67 bits per heavy atom. The highest BCUT2D eigenvalue weighted by Gasteiger charge is 2.72. The van der Waals surface area contributed by atoms with Crippen molar-refractivity contribution in [2.75, 3.05) is 6.61 Å². The van der Waals surface area contributed by atoms with Gasteiger partial charge in [0.15, 0.2) is 11.6 Å². The maximum absolute atomic E-state index is 12.4. The first kappa shape index (κ1) is 19.6. The third kappa shape index (κ3) is 2.19. The van der Waals surface area contributed by atoms with Crippen molar-refractivity contribution in [3.63, 3.8) is 0 Å². The Morgan fingerprint density at radius 1 is 1.30 bits per heavy atom. The molecule has 0 radical (unpaired) electrons. The molecule has 0 heterocycles. The fourth-order valence-corrected chi connectivity index (χ4v) is 7.97. The van der Waals surface area contributed by atoms with E-state index in [0.29, 0.717) is 19.3 Å². The van der Waals surface area contributed by atoms with Gasteiger partial charge in [-0.25, -0.2) is 0 Å². The van der Waals surface area contributed by atoms with E-state index < -0.39 is 39.1 Å². The number of alkyl halides is 2. The summed E-state index contributed by atoms with van der Waals surface area (Å²) in [5.41, 5.74) is -1.78. The molecule has 0 spiro atoms. The van der Waals surface area contributed by atoms with E-state index in [0.717, 1.165) is 18.4 Å². The highest BCUT2D eigenvalue weighted by atomic mass is 35.5. The van der Waals surface area contributed by atoms with E-state index in [1.165, 1.54) is 0 Å². The van der Waals surface area contributed by atoms with Gasteiger partial charge in [-0.1, -0.05) is 25.5 Å². The summed E-state index contributed by atoms with van der Waals surface area (Å²) in [6.07, 6.45) is 8.11. The third-order valence-corrected chi connectivity index (χ3v) is 9.90. The van der Waals surface area contributed by atoms with Crippen molar-refractivity contribution in [2.24, 2.45) is 22.7 Å². The number of hydrogen-bond acceptors (Lipinski definition) is 4. The minimum absolute atomic E-state index is 0.0148. The number of ketones is 2. The molecule has 3 saturated carbocycles. The molecule has 7 atom stereocenters. The molecule has 4 rings (SSSR count). The maximum Gasteiger partial charge on any atom is 0.190 e. The molecule has 4 aliphatic carbocycles. The molecule has 27 heavy (non-hydrogen) atoms. The minimum atomic E-state index is -1.56. The molecule has 0 aromatic rings. The van der Waals surface area contributed by atoms with Crippen LogP contribution in [0.5, 0.6) is 0 Å². The molecule has 4 nitrogen and oxygen atoms in total. The second-order valence-corrected chi connectivity index (χ2v) is 10.3. The molecule has 0 saturated heterocycles. The van der Waals surface area contributed by atoms with E-state index in [9.17, 15) is 19.8 Å². The van der Waals surface area contributed by atoms with Crippen molar-refractivity contribution in [3.05, 3.63) is 23.8 Å². The maximum atomic E-state index is 12.4. The Kier molecular flexibility index (Phi) is 4.30. The van der Waals surface area contributed by atoms with Gasteiger partial charge in [0.05, 0.1) is 10.3 Å². The molecule has 0 aliphatic heterocycles. The number of hydrogen-bond donors (Lipinski definition) is 2. The molecule has 0 aromatic carbocycles. The van der Waals surface area contributed by atoms with Gasteiger partial charge in [-0.2, -0.15) is 0 Å². The minimum Gasteiger partial charge on any atom is -0.388 e. The van der Waals surface area contributed by atoms with Gasteiger partial charge >= 0.3 is 0 Å². The molecule has 0 amide bonds. The Labute approximate surface area is 169 Å². The lowest BCUT2D eigenvalue weighted by Crippen LogP contribution is -2.67. The van der Waals surface area contributed by atoms with E-state index >= 15 is 0 Å². The Balaban J connectivity index is 1.81. The summed E-state index contributed by atoms with van der Waals surface area (Å²) in [6.45, 7) is 3.31. The standard InChI is InChI=1S/C21H26Cl2O4/c1-18-7-5-13(25)9-12(18)3-4-15-14-6-8-20(27,17(26)11-24)19(14,2)10-16(22)21(15,18)23/h5,7,9,14-16,24,27H,3-4,6,8,10-11H2,1-2H3/t14?,15?,16?,18?,19?,20-,21-/m0/s1. The van der Waals surface area contributed by atoms with E-state index in [2.05, 4.69) is 6.92 Å². The first-order valence-corrected chi connectivity index (χ1v) is 10.5. The predicted molar refractivity (Wildman–Crippen MR) is 104 cm³/mol.